The van der Waals surface area contributed by atoms with E-state index in [0.29, 0.717) is 31.0 Å². The molecule has 0 radical (unpaired) electrons. The van der Waals surface area contributed by atoms with E-state index in [1.54, 1.807) is 0 Å². The smallest absolute Gasteiger partial charge is 0.397 e. The molecule has 0 fully saturated rings. The van der Waals surface area contributed by atoms with Crippen molar-refractivity contribution in [2.24, 2.45) is 5.14 Å². The van der Waals surface area contributed by atoms with Crippen molar-refractivity contribution in [3.63, 3.8) is 0 Å². The SMILES string of the molecule is CC(C)NCC(O)COc1cccc2[nH]ccc12.CN1C(CSCC(F)(F)F)Nc2cc(Cl)c(S(N)(=O)=O)cc2S1(=O)=O. The molecule has 0 bridgehead atoms. The lowest BCUT2D eigenvalue weighted by molar-refractivity contribution is -0.105. The average Bonchev–Trinajstić information content (AvgIpc) is 3.37. The third kappa shape index (κ3) is 9.62. The van der Waals surface area contributed by atoms with Gasteiger partial charge in [0, 0.05) is 42.5 Å². The van der Waals surface area contributed by atoms with Gasteiger partial charge in [-0.2, -0.15) is 17.5 Å². The number of nitrogens with two attached hydrogens (primary N) is 1. The molecule has 0 amide bonds. The molecule has 0 saturated carbocycles. The van der Waals surface area contributed by atoms with Crippen molar-refractivity contribution >= 4 is 60.0 Å². The Morgan fingerprint density at radius 2 is 1.95 bits per heavy atom. The molecular weight excluding hydrogens is 655 g/mol. The zero-order valence-electron chi connectivity index (χ0n) is 23.4. The Hall–Kier alpha value is -2.25. The first-order valence-electron chi connectivity index (χ1n) is 12.8. The molecule has 2 aromatic carbocycles. The standard InChI is InChI=1S/C14H20N2O2.C11H13ClF3N3O4S3/c1-10(2)16-8-11(17)9-18-14-5-3-4-13-12(14)6-7-15-13;1-18-10(4-23-5-11(13,14)15)17-7-2-6(12)8(24(16,19)20)3-9(7)25(18,21)22/h3-7,10-11,15-17H,8-9H2,1-2H3;2-3,10,17H,4-5H2,1H3,(H2,16,19,20). The van der Waals surface area contributed by atoms with Gasteiger partial charge in [0.05, 0.1) is 16.5 Å². The number of nitrogens with zero attached hydrogens (tertiary/aromatic N) is 1. The average molecular weight is 688 g/mol. The first-order chi connectivity index (χ1) is 19.9. The van der Waals surface area contributed by atoms with Gasteiger partial charge in [-0.3, -0.25) is 0 Å². The maximum absolute atomic E-state index is 12.5. The summed E-state index contributed by atoms with van der Waals surface area (Å²) in [4.78, 5) is 2.20. The molecular formula is C25H33ClF3N5O6S3. The largest absolute Gasteiger partial charge is 0.490 e. The number of halogens is 4. The van der Waals surface area contributed by atoms with Crippen molar-refractivity contribution in [3.05, 3.63) is 47.6 Å². The first-order valence-corrected chi connectivity index (χ1v) is 17.3. The number of aliphatic hydroxyl groups is 1. The molecule has 240 valence electrons. The fourth-order valence-electron chi connectivity index (χ4n) is 3.90. The van der Waals surface area contributed by atoms with Crippen molar-refractivity contribution in [2.45, 2.75) is 48.1 Å². The molecule has 2 unspecified atom stereocenters. The Morgan fingerprint density at radius 1 is 1.26 bits per heavy atom. The van der Waals surface area contributed by atoms with Crippen LogP contribution in [0.5, 0.6) is 5.75 Å². The highest BCUT2D eigenvalue weighted by Crippen LogP contribution is 2.37. The van der Waals surface area contributed by atoms with Gasteiger partial charge >= 0.3 is 6.18 Å². The van der Waals surface area contributed by atoms with Crippen LogP contribution in [0, 0.1) is 0 Å². The number of ether oxygens (including phenoxy) is 1. The van der Waals surface area contributed by atoms with Gasteiger partial charge in [0.1, 0.15) is 34.4 Å². The minimum absolute atomic E-state index is 0.00638. The molecule has 4 rings (SSSR count). The summed E-state index contributed by atoms with van der Waals surface area (Å²) in [5, 5.41) is 21.5. The highest BCUT2D eigenvalue weighted by atomic mass is 35.5. The van der Waals surface area contributed by atoms with E-state index in [4.69, 9.17) is 21.5 Å². The van der Waals surface area contributed by atoms with Gasteiger partial charge < -0.3 is 25.5 Å². The van der Waals surface area contributed by atoms with Crippen LogP contribution >= 0.6 is 23.4 Å². The van der Waals surface area contributed by atoms with Crippen LogP contribution in [0.25, 0.3) is 10.9 Å². The number of H-pyrrole nitrogens is 1. The molecule has 1 aromatic heterocycles. The molecule has 0 aliphatic carbocycles. The number of sulfonamides is 2. The second kappa shape index (κ2) is 14.2. The molecule has 11 nitrogen and oxygen atoms in total. The molecule has 0 spiro atoms. The first kappa shape index (κ1) is 35.2. The van der Waals surface area contributed by atoms with E-state index >= 15 is 0 Å². The lowest BCUT2D eigenvalue weighted by Gasteiger charge is -2.35. The number of hydrogen-bond acceptors (Lipinski definition) is 9. The van der Waals surface area contributed by atoms with E-state index in [1.165, 1.54) is 7.05 Å². The maximum atomic E-state index is 12.5. The quantitative estimate of drug-likeness (QED) is 0.214. The Balaban J connectivity index is 0.000000248. The number of nitrogens with one attached hydrogen (secondary N) is 3. The summed E-state index contributed by atoms with van der Waals surface area (Å²) in [6, 6.07) is 10.1. The van der Waals surface area contributed by atoms with E-state index in [2.05, 4.69) is 15.6 Å². The molecule has 3 aromatic rings. The minimum atomic E-state index is -4.37. The molecule has 18 heteroatoms. The number of primary sulfonamides is 1. The molecule has 1 aliphatic rings. The zero-order valence-corrected chi connectivity index (χ0v) is 26.6. The second-order valence-corrected chi connectivity index (χ2v) is 14.8. The van der Waals surface area contributed by atoms with Crippen LogP contribution in [0.2, 0.25) is 5.02 Å². The van der Waals surface area contributed by atoms with Gasteiger partial charge in [-0.15, -0.1) is 11.8 Å². The topological polar surface area (TPSA) is 167 Å². The summed E-state index contributed by atoms with van der Waals surface area (Å²) in [5.74, 6) is -0.502. The summed E-state index contributed by atoms with van der Waals surface area (Å²) in [6.07, 6.45) is -3.95. The number of aliphatic hydroxyl groups excluding tert-OH is 1. The van der Waals surface area contributed by atoms with E-state index in [9.17, 15) is 35.1 Å². The van der Waals surface area contributed by atoms with Crippen molar-refractivity contribution in [1.29, 1.82) is 0 Å². The van der Waals surface area contributed by atoms with Crippen LogP contribution < -0.4 is 20.5 Å². The second-order valence-electron chi connectivity index (χ2n) is 9.86. The Morgan fingerprint density at radius 3 is 2.58 bits per heavy atom. The Kier molecular flexibility index (Phi) is 11.7. The number of hydrogen-bond donors (Lipinski definition) is 5. The monoisotopic (exact) mass is 687 g/mol. The van der Waals surface area contributed by atoms with E-state index in [-0.39, 0.29) is 21.4 Å². The normalized spacial score (nSPS) is 17.6. The lowest BCUT2D eigenvalue weighted by Crippen LogP contribution is -2.47. The third-order valence-corrected chi connectivity index (χ3v) is 10.4. The number of alkyl halides is 3. The predicted octanol–water partition coefficient (Wildman–Crippen LogP) is 3.56. The summed E-state index contributed by atoms with van der Waals surface area (Å²) < 4.78 is 91.3. The van der Waals surface area contributed by atoms with Crippen molar-refractivity contribution < 1.29 is 39.9 Å². The van der Waals surface area contributed by atoms with E-state index < -0.39 is 49.1 Å². The number of benzene rings is 2. The van der Waals surface area contributed by atoms with Gasteiger partial charge in [-0.25, -0.2) is 22.0 Å². The van der Waals surface area contributed by atoms with E-state index in [1.807, 2.05) is 44.3 Å². The number of rotatable bonds is 10. The van der Waals surface area contributed by atoms with Crippen LogP contribution in [0.4, 0.5) is 18.9 Å². The van der Waals surface area contributed by atoms with Gasteiger partial charge in [-0.05, 0) is 30.3 Å². The third-order valence-electron chi connectivity index (χ3n) is 6.05. The van der Waals surface area contributed by atoms with Gasteiger partial charge in [0.15, 0.2) is 0 Å². The summed E-state index contributed by atoms with van der Waals surface area (Å²) in [7, 11) is -7.21. The molecule has 43 heavy (non-hydrogen) atoms. The number of anilines is 1. The molecule has 2 atom stereocenters. The summed E-state index contributed by atoms with van der Waals surface area (Å²) >= 11 is 6.34. The van der Waals surface area contributed by atoms with Crippen LogP contribution in [-0.2, 0) is 20.0 Å². The highest BCUT2D eigenvalue weighted by Gasteiger charge is 2.38. The zero-order chi connectivity index (χ0) is 32.2. The molecule has 6 N–H and O–H groups in total. The Bertz CT molecular complexity index is 1620. The van der Waals surface area contributed by atoms with Crippen LogP contribution in [0.15, 0.2) is 52.4 Å². The summed E-state index contributed by atoms with van der Waals surface area (Å²) in [5.41, 5.74) is 1.04. The number of fused-ring (bicyclic) bond motifs is 2. The van der Waals surface area contributed by atoms with E-state index in [0.717, 1.165) is 33.1 Å². The van der Waals surface area contributed by atoms with Crippen LogP contribution in [0.1, 0.15) is 13.8 Å². The molecule has 2 heterocycles. The minimum Gasteiger partial charge on any atom is -0.490 e. The summed E-state index contributed by atoms with van der Waals surface area (Å²) in [6.45, 7) is 4.94. The number of aromatic nitrogens is 1. The molecule has 1 aliphatic heterocycles. The maximum Gasteiger partial charge on any atom is 0.397 e. The predicted molar refractivity (Wildman–Crippen MR) is 162 cm³/mol. The Labute approximate surface area is 257 Å². The van der Waals surface area contributed by atoms with Crippen molar-refractivity contribution in [3.8, 4) is 5.75 Å². The van der Waals surface area contributed by atoms with Crippen molar-refractivity contribution in [1.82, 2.24) is 14.6 Å². The lowest BCUT2D eigenvalue weighted by atomic mass is 10.2. The number of thioether (sulfide) groups is 1. The fourth-order valence-corrected chi connectivity index (χ4v) is 7.49. The number of aromatic amines is 1. The van der Waals surface area contributed by atoms with Gasteiger partial charge in [-0.1, -0.05) is 31.5 Å². The van der Waals surface area contributed by atoms with Crippen molar-refractivity contribution in [2.75, 3.05) is 37.0 Å². The van der Waals surface area contributed by atoms with Gasteiger partial charge in [0.2, 0.25) is 20.0 Å². The highest BCUT2D eigenvalue weighted by molar-refractivity contribution is 7.99. The molecule has 0 saturated heterocycles. The van der Waals surface area contributed by atoms with Gasteiger partial charge in [0.25, 0.3) is 0 Å². The van der Waals surface area contributed by atoms with Crippen LogP contribution in [0.3, 0.4) is 0 Å². The fraction of sp³-hybridized carbons (Fsp3) is 0.440. The van der Waals surface area contributed by atoms with Crippen LogP contribution in [-0.4, -0.2) is 87.4 Å².